The molecule has 0 aliphatic rings. The third kappa shape index (κ3) is 1.17. The fourth-order valence-electron chi connectivity index (χ4n) is 2.60. The molecule has 0 bridgehead atoms. The Labute approximate surface area is 103 Å². The molecule has 4 rings (SSSR count). The predicted molar refractivity (Wildman–Crippen MR) is 76.8 cm³/mol. The largest absolute Gasteiger partial charge is 0.143 e. The average Bonchev–Trinajstić information content (AvgIpc) is 2.89. The van der Waals surface area contributed by atoms with E-state index in [1.54, 1.807) is 0 Å². The minimum Gasteiger partial charge on any atom is -0.143 e. The highest BCUT2D eigenvalue weighted by Crippen LogP contribution is 2.37. The van der Waals surface area contributed by atoms with E-state index in [1.165, 1.54) is 31.6 Å². The summed E-state index contributed by atoms with van der Waals surface area (Å²) in [4.78, 5) is 0. The maximum Gasteiger partial charge on any atom is 0.0427 e. The molecule has 1 heterocycles. The van der Waals surface area contributed by atoms with E-state index in [9.17, 15) is 0 Å². The fraction of sp³-hybridized carbons (Fsp3) is 0. The summed E-state index contributed by atoms with van der Waals surface area (Å²) in [6.07, 6.45) is 0. The Hall–Kier alpha value is -1.86. The number of thiophene rings is 1. The molecular weight excluding hydrogens is 224 g/mol. The molecule has 0 fully saturated rings. The van der Waals surface area contributed by atoms with Gasteiger partial charge in [0.05, 0.1) is 0 Å². The lowest BCUT2D eigenvalue weighted by Crippen LogP contribution is -1.78. The summed E-state index contributed by atoms with van der Waals surface area (Å²) in [5.74, 6) is 0. The first-order valence-corrected chi connectivity index (χ1v) is 6.60. The van der Waals surface area contributed by atoms with Crippen molar-refractivity contribution in [2.45, 2.75) is 0 Å². The van der Waals surface area contributed by atoms with Gasteiger partial charge in [0.2, 0.25) is 0 Å². The van der Waals surface area contributed by atoms with Gasteiger partial charge in [0.15, 0.2) is 0 Å². The predicted octanol–water partition coefficient (Wildman–Crippen LogP) is 5.21. The topological polar surface area (TPSA) is 0 Å². The van der Waals surface area contributed by atoms with E-state index < -0.39 is 0 Å². The Bertz CT molecular complexity index is 770. The molecule has 0 N–H and O–H groups in total. The summed E-state index contributed by atoms with van der Waals surface area (Å²) in [7, 11) is 0. The molecule has 0 saturated heterocycles. The highest BCUT2D eigenvalue weighted by Gasteiger charge is 2.07. The van der Waals surface area contributed by atoms with Crippen LogP contribution in [0.4, 0.5) is 0 Å². The summed E-state index contributed by atoms with van der Waals surface area (Å²) in [6.45, 7) is 0. The third-order valence-corrected chi connectivity index (χ3v) is 4.29. The van der Waals surface area contributed by atoms with Gasteiger partial charge in [-0.2, -0.15) is 0 Å². The summed E-state index contributed by atoms with van der Waals surface area (Å²) in [5.41, 5.74) is 0. The van der Waals surface area contributed by atoms with Crippen LogP contribution in [0.25, 0.3) is 31.6 Å². The Morgan fingerprint density at radius 3 is 1.65 bits per heavy atom. The average molecular weight is 234 g/mol. The molecule has 0 unspecified atom stereocenters. The quantitative estimate of drug-likeness (QED) is 0.366. The molecular formula is C16H10S. The number of hydrogen-bond donors (Lipinski definition) is 0. The Morgan fingerprint density at radius 1 is 0.529 bits per heavy atom. The molecule has 0 atom stereocenters. The van der Waals surface area contributed by atoms with E-state index in [0.717, 1.165) is 0 Å². The van der Waals surface area contributed by atoms with Crippen LogP contribution in [0.1, 0.15) is 0 Å². The van der Waals surface area contributed by atoms with Crippen molar-refractivity contribution in [2.75, 3.05) is 0 Å². The Morgan fingerprint density at radius 2 is 1.00 bits per heavy atom. The first kappa shape index (κ1) is 9.20. The van der Waals surface area contributed by atoms with Crippen molar-refractivity contribution in [1.29, 1.82) is 0 Å². The van der Waals surface area contributed by atoms with Crippen molar-refractivity contribution in [3.05, 3.63) is 60.0 Å². The lowest BCUT2D eigenvalue weighted by Gasteiger charge is -2.06. The molecule has 1 heteroatoms. The van der Waals surface area contributed by atoms with Crippen molar-refractivity contribution in [1.82, 2.24) is 0 Å². The molecule has 3 aromatic carbocycles. The summed E-state index contributed by atoms with van der Waals surface area (Å²) in [6, 6.07) is 19.6. The lowest BCUT2D eigenvalue weighted by molar-refractivity contribution is 1.81. The summed E-state index contributed by atoms with van der Waals surface area (Å²) < 4.78 is 1.40. The highest BCUT2D eigenvalue weighted by atomic mass is 32.1. The van der Waals surface area contributed by atoms with Crippen LogP contribution < -0.4 is 0 Å². The van der Waals surface area contributed by atoms with E-state index in [4.69, 9.17) is 0 Å². The molecule has 0 aliphatic carbocycles. The van der Waals surface area contributed by atoms with E-state index in [2.05, 4.69) is 60.0 Å². The molecule has 0 saturated carbocycles. The second-order valence-electron chi connectivity index (χ2n) is 4.25. The zero-order valence-corrected chi connectivity index (χ0v) is 10.00. The standard InChI is InChI=1S/C16H10S/c1-2-7-13-11(5-1)12-6-3-4-8-14(12)16-15(13)9-10-17-16/h1-10H. The monoisotopic (exact) mass is 234 g/mol. The normalized spacial score (nSPS) is 11.5. The van der Waals surface area contributed by atoms with Gasteiger partial charge in [0, 0.05) is 15.5 Å². The number of rotatable bonds is 0. The Balaban J connectivity index is 2.48. The second-order valence-corrected chi connectivity index (χ2v) is 5.17. The number of hydrogen-bond acceptors (Lipinski definition) is 1. The van der Waals surface area contributed by atoms with Gasteiger partial charge >= 0.3 is 0 Å². The van der Waals surface area contributed by atoms with Gasteiger partial charge in [0.25, 0.3) is 0 Å². The second kappa shape index (κ2) is 3.31. The van der Waals surface area contributed by atoms with Gasteiger partial charge in [-0.05, 0) is 27.6 Å². The van der Waals surface area contributed by atoms with Crippen LogP contribution in [0.2, 0.25) is 0 Å². The molecule has 1 aromatic heterocycles. The van der Waals surface area contributed by atoms with E-state index in [0.29, 0.717) is 0 Å². The van der Waals surface area contributed by atoms with Crippen LogP contribution in [0.3, 0.4) is 0 Å². The van der Waals surface area contributed by atoms with Crippen LogP contribution in [0, 0.1) is 0 Å². The van der Waals surface area contributed by atoms with Crippen LogP contribution in [0.5, 0.6) is 0 Å². The van der Waals surface area contributed by atoms with Crippen molar-refractivity contribution >= 4 is 43.0 Å². The smallest absolute Gasteiger partial charge is 0.0427 e. The molecule has 4 aromatic rings. The molecule has 80 valence electrons. The van der Waals surface area contributed by atoms with Gasteiger partial charge in [-0.25, -0.2) is 0 Å². The molecule has 0 aliphatic heterocycles. The fourth-order valence-corrected chi connectivity index (χ4v) is 3.55. The molecule has 0 spiro atoms. The first-order chi connectivity index (χ1) is 8.45. The minimum absolute atomic E-state index is 1.36. The van der Waals surface area contributed by atoms with Crippen molar-refractivity contribution < 1.29 is 0 Å². The van der Waals surface area contributed by atoms with Crippen LogP contribution in [-0.2, 0) is 0 Å². The van der Waals surface area contributed by atoms with Gasteiger partial charge in [-0.1, -0.05) is 48.5 Å². The molecule has 0 amide bonds. The van der Waals surface area contributed by atoms with Gasteiger partial charge in [0.1, 0.15) is 0 Å². The summed E-state index contributed by atoms with van der Waals surface area (Å²) >= 11 is 1.83. The number of fused-ring (bicyclic) bond motifs is 6. The SMILES string of the molecule is c1ccc2c(c1)c1ccccc1c1sccc21. The van der Waals surface area contributed by atoms with Crippen molar-refractivity contribution in [3.63, 3.8) is 0 Å². The Kier molecular flexibility index (Phi) is 1.79. The van der Waals surface area contributed by atoms with Crippen molar-refractivity contribution in [3.8, 4) is 0 Å². The zero-order valence-electron chi connectivity index (χ0n) is 9.18. The zero-order chi connectivity index (χ0) is 11.2. The summed E-state index contributed by atoms with van der Waals surface area (Å²) in [5, 5.41) is 9.01. The number of benzene rings is 3. The van der Waals surface area contributed by atoms with Gasteiger partial charge < -0.3 is 0 Å². The maximum absolute atomic E-state index is 2.23. The molecule has 17 heavy (non-hydrogen) atoms. The van der Waals surface area contributed by atoms with Crippen LogP contribution in [0.15, 0.2) is 60.0 Å². The highest BCUT2D eigenvalue weighted by molar-refractivity contribution is 7.18. The first-order valence-electron chi connectivity index (χ1n) is 5.72. The molecule has 0 radical (unpaired) electrons. The van der Waals surface area contributed by atoms with Crippen LogP contribution >= 0.6 is 11.3 Å². The van der Waals surface area contributed by atoms with E-state index >= 15 is 0 Å². The van der Waals surface area contributed by atoms with Gasteiger partial charge in [-0.3, -0.25) is 0 Å². The molecule has 0 nitrogen and oxygen atoms in total. The maximum atomic E-state index is 2.23. The third-order valence-electron chi connectivity index (χ3n) is 3.34. The van der Waals surface area contributed by atoms with Gasteiger partial charge in [-0.15, -0.1) is 11.3 Å². The van der Waals surface area contributed by atoms with E-state index in [1.807, 2.05) is 11.3 Å². The van der Waals surface area contributed by atoms with E-state index in [-0.39, 0.29) is 0 Å². The lowest BCUT2D eigenvalue weighted by atomic mass is 9.99. The van der Waals surface area contributed by atoms with Crippen molar-refractivity contribution in [2.24, 2.45) is 0 Å². The minimum atomic E-state index is 1.36. The van der Waals surface area contributed by atoms with Crippen LogP contribution in [-0.4, -0.2) is 0 Å².